The van der Waals surface area contributed by atoms with Crippen LogP contribution >= 0.6 is 15.9 Å². The van der Waals surface area contributed by atoms with Gasteiger partial charge in [-0.3, -0.25) is 9.59 Å². The first kappa shape index (κ1) is 13.1. The Kier molecular flexibility index (Phi) is 3.40. The number of benzene rings is 2. The molecule has 0 saturated carbocycles. The maximum atomic E-state index is 12.2. The molecule has 20 heavy (non-hydrogen) atoms. The van der Waals surface area contributed by atoms with Crippen LogP contribution in [0.4, 0.5) is 5.69 Å². The van der Waals surface area contributed by atoms with Crippen molar-refractivity contribution in [3.63, 3.8) is 0 Å². The first-order valence-corrected chi connectivity index (χ1v) is 7.13. The van der Waals surface area contributed by atoms with Crippen LogP contribution in [0.15, 0.2) is 53.0 Å². The molecule has 1 amide bonds. The van der Waals surface area contributed by atoms with Gasteiger partial charge in [0.05, 0.1) is 5.92 Å². The van der Waals surface area contributed by atoms with Gasteiger partial charge in [0, 0.05) is 22.1 Å². The number of anilines is 1. The van der Waals surface area contributed by atoms with Gasteiger partial charge in [-0.15, -0.1) is 0 Å². The second-order valence-electron chi connectivity index (χ2n) is 4.77. The molecule has 0 spiro atoms. The van der Waals surface area contributed by atoms with Gasteiger partial charge in [0.2, 0.25) is 5.91 Å². The zero-order chi connectivity index (χ0) is 14.1. The van der Waals surface area contributed by atoms with Gasteiger partial charge in [0.15, 0.2) is 5.78 Å². The number of carbonyl (C=O) groups excluding carboxylic acids is 2. The molecule has 100 valence electrons. The first-order valence-electron chi connectivity index (χ1n) is 6.34. The average Bonchev–Trinajstić information content (AvgIpc) is 2.76. The molecule has 1 N–H and O–H groups in total. The molecule has 2 aromatic carbocycles. The molecule has 4 heteroatoms. The van der Waals surface area contributed by atoms with E-state index in [0.29, 0.717) is 5.56 Å². The highest BCUT2D eigenvalue weighted by Crippen LogP contribution is 2.37. The zero-order valence-electron chi connectivity index (χ0n) is 10.6. The fourth-order valence-corrected chi connectivity index (χ4v) is 2.81. The summed E-state index contributed by atoms with van der Waals surface area (Å²) in [7, 11) is 0. The Morgan fingerprint density at radius 2 is 1.90 bits per heavy atom. The Labute approximate surface area is 125 Å². The number of rotatable bonds is 3. The minimum atomic E-state index is -0.407. The van der Waals surface area contributed by atoms with Crippen molar-refractivity contribution in [1.82, 2.24) is 0 Å². The molecule has 1 atom stereocenters. The number of amides is 1. The summed E-state index contributed by atoms with van der Waals surface area (Å²) in [6.45, 7) is 0. The van der Waals surface area contributed by atoms with Crippen molar-refractivity contribution in [1.29, 1.82) is 0 Å². The van der Waals surface area contributed by atoms with Gasteiger partial charge in [-0.2, -0.15) is 0 Å². The summed E-state index contributed by atoms with van der Waals surface area (Å²) in [5, 5.41) is 2.82. The highest BCUT2D eigenvalue weighted by atomic mass is 79.9. The zero-order valence-corrected chi connectivity index (χ0v) is 12.2. The molecule has 1 aliphatic rings. The third-order valence-corrected chi connectivity index (χ3v) is 3.94. The van der Waals surface area contributed by atoms with E-state index in [0.717, 1.165) is 15.7 Å². The molecule has 0 saturated heterocycles. The lowest BCUT2D eigenvalue weighted by Gasteiger charge is -2.08. The number of halogens is 1. The number of hydrogen-bond donors (Lipinski definition) is 1. The molecule has 2 aromatic rings. The highest BCUT2D eigenvalue weighted by Gasteiger charge is 2.32. The summed E-state index contributed by atoms with van der Waals surface area (Å²) in [4.78, 5) is 24.3. The topological polar surface area (TPSA) is 46.2 Å². The van der Waals surface area contributed by atoms with Crippen LogP contribution in [0.2, 0.25) is 0 Å². The van der Waals surface area contributed by atoms with E-state index in [9.17, 15) is 9.59 Å². The van der Waals surface area contributed by atoms with E-state index < -0.39 is 5.92 Å². The average molecular weight is 330 g/mol. The van der Waals surface area contributed by atoms with Crippen LogP contribution in [0, 0.1) is 0 Å². The minimum Gasteiger partial charge on any atom is -0.325 e. The van der Waals surface area contributed by atoms with E-state index in [2.05, 4.69) is 21.2 Å². The lowest BCUT2D eigenvalue weighted by Crippen LogP contribution is -2.16. The predicted octanol–water partition coefficient (Wildman–Crippen LogP) is 3.76. The Morgan fingerprint density at radius 1 is 1.15 bits per heavy atom. The number of ketones is 1. The molecular weight excluding hydrogens is 318 g/mol. The molecule has 1 aliphatic heterocycles. The normalized spacial score (nSPS) is 16.6. The van der Waals surface area contributed by atoms with Crippen LogP contribution in [0.25, 0.3) is 0 Å². The van der Waals surface area contributed by atoms with Gasteiger partial charge < -0.3 is 5.32 Å². The molecule has 1 heterocycles. The van der Waals surface area contributed by atoms with Crippen molar-refractivity contribution in [2.45, 2.75) is 12.3 Å². The standard InChI is InChI=1S/C16H12BrNO2/c17-11-6-7-14-12(8-11)13(16(20)18-14)9-15(19)10-4-2-1-3-5-10/h1-8,13H,9H2,(H,18,20). The molecule has 0 aromatic heterocycles. The van der Waals surface area contributed by atoms with Crippen molar-refractivity contribution in [2.75, 3.05) is 5.32 Å². The van der Waals surface area contributed by atoms with Crippen molar-refractivity contribution in [3.8, 4) is 0 Å². The molecule has 0 radical (unpaired) electrons. The van der Waals surface area contributed by atoms with Gasteiger partial charge in [0.25, 0.3) is 0 Å². The predicted molar refractivity (Wildman–Crippen MR) is 80.9 cm³/mol. The summed E-state index contributed by atoms with van der Waals surface area (Å²) in [6.07, 6.45) is 0.194. The van der Waals surface area contributed by atoms with Crippen molar-refractivity contribution >= 4 is 33.3 Å². The van der Waals surface area contributed by atoms with Gasteiger partial charge in [0.1, 0.15) is 0 Å². The van der Waals surface area contributed by atoms with E-state index in [1.165, 1.54) is 0 Å². The first-order chi connectivity index (χ1) is 9.65. The molecule has 0 bridgehead atoms. The smallest absolute Gasteiger partial charge is 0.232 e. The molecular formula is C16H12BrNO2. The maximum absolute atomic E-state index is 12.2. The van der Waals surface area contributed by atoms with Gasteiger partial charge in [-0.25, -0.2) is 0 Å². The van der Waals surface area contributed by atoms with Crippen LogP contribution in [0.5, 0.6) is 0 Å². The number of Topliss-reactive ketones (excluding diaryl/α,β-unsaturated/α-hetero) is 1. The summed E-state index contributed by atoms with van der Waals surface area (Å²) in [5.74, 6) is -0.531. The minimum absolute atomic E-state index is 0.0152. The fraction of sp³-hybridized carbons (Fsp3) is 0.125. The molecule has 3 rings (SSSR count). The van der Waals surface area contributed by atoms with E-state index in [-0.39, 0.29) is 18.1 Å². The summed E-state index contributed by atoms with van der Waals surface area (Å²) < 4.78 is 0.907. The second kappa shape index (κ2) is 5.21. The second-order valence-corrected chi connectivity index (χ2v) is 5.68. The quantitative estimate of drug-likeness (QED) is 0.871. The third kappa shape index (κ3) is 2.39. The molecule has 0 aliphatic carbocycles. The summed E-state index contributed by atoms with van der Waals surface area (Å²) in [5.41, 5.74) is 2.32. The molecule has 3 nitrogen and oxygen atoms in total. The molecule has 0 fully saturated rings. The third-order valence-electron chi connectivity index (χ3n) is 3.45. The van der Waals surface area contributed by atoms with Crippen LogP contribution < -0.4 is 5.32 Å². The maximum Gasteiger partial charge on any atom is 0.232 e. The van der Waals surface area contributed by atoms with Crippen LogP contribution in [-0.4, -0.2) is 11.7 Å². The van der Waals surface area contributed by atoms with Gasteiger partial charge in [-0.05, 0) is 23.8 Å². The van der Waals surface area contributed by atoms with E-state index >= 15 is 0 Å². The Morgan fingerprint density at radius 3 is 2.65 bits per heavy atom. The van der Waals surface area contributed by atoms with Crippen LogP contribution in [0.3, 0.4) is 0 Å². The van der Waals surface area contributed by atoms with Crippen LogP contribution in [0.1, 0.15) is 28.3 Å². The monoisotopic (exact) mass is 329 g/mol. The lowest BCUT2D eigenvalue weighted by atomic mass is 9.93. The largest absolute Gasteiger partial charge is 0.325 e. The van der Waals surface area contributed by atoms with Gasteiger partial charge >= 0.3 is 0 Å². The number of fused-ring (bicyclic) bond motifs is 1. The highest BCUT2D eigenvalue weighted by molar-refractivity contribution is 9.10. The number of carbonyl (C=O) groups is 2. The Balaban J connectivity index is 1.87. The van der Waals surface area contributed by atoms with Crippen molar-refractivity contribution in [3.05, 3.63) is 64.1 Å². The molecule has 1 unspecified atom stereocenters. The van der Waals surface area contributed by atoms with E-state index in [4.69, 9.17) is 0 Å². The van der Waals surface area contributed by atoms with Gasteiger partial charge in [-0.1, -0.05) is 46.3 Å². The lowest BCUT2D eigenvalue weighted by molar-refractivity contribution is -0.117. The fourth-order valence-electron chi connectivity index (χ4n) is 2.43. The Bertz CT molecular complexity index is 682. The summed E-state index contributed by atoms with van der Waals surface area (Å²) >= 11 is 3.40. The van der Waals surface area contributed by atoms with Crippen molar-refractivity contribution in [2.24, 2.45) is 0 Å². The van der Waals surface area contributed by atoms with E-state index in [1.807, 2.05) is 36.4 Å². The van der Waals surface area contributed by atoms with E-state index in [1.54, 1.807) is 12.1 Å². The number of nitrogens with one attached hydrogen (secondary N) is 1. The van der Waals surface area contributed by atoms with Crippen LogP contribution in [-0.2, 0) is 4.79 Å². The Hall–Kier alpha value is -1.94. The van der Waals surface area contributed by atoms with Crippen molar-refractivity contribution < 1.29 is 9.59 Å². The number of hydrogen-bond acceptors (Lipinski definition) is 2. The SMILES string of the molecule is O=C(CC1C(=O)Nc2ccc(Br)cc21)c1ccccc1. The summed E-state index contributed by atoms with van der Waals surface area (Å²) in [6, 6.07) is 14.7.